The van der Waals surface area contributed by atoms with Crippen LogP contribution in [-0.4, -0.2) is 14.8 Å². The van der Waals surface area contributed by atoms with Crippen molar-refractivity contribution in [3.8, 4) is 0 Å². The van der Waals surface area contributed by atoms with Gasteiger partial charge in [-0.25, -0.2) is 4.98 Å². The monoisotopic (exact) mass is 297 g/mol. The number of thiazole rings is 1. The van der Waals surface area contributed by atoms with Crippen molar-refractivity contribution in [2.24, 2.45) is 0 Å². The minimum Gasteiger partial charge on any atom is -0.269 e. The highest BCUT2D eigenvalue weighted by atomic mass is 35.5. The lowest BCUT2D eigenvalue weighted by molar-refractivity contribution is 0.543. The molecule has 2 aromatic heterocycles. The van der Waals surface area contributed by atoms with Crippen LogP contribution in [0.15, 0.2) is 5.38 Å². The van der Waals surface area contributed by atoms with Gasteiger partial charge < -0.3 is 0 Å². The van der Waals surface area contributed by atoms with Gasteiger partial charge in [0.25, 0.3) is 0 Å². The van der Waals surface area contributed by atoms with Gasteiger partial charge in [-0.2, -0.15) is 5.10 Å². The lowest BCUT2D eigenvalue weighted by atomic mass is 10.2. The molecule has 0 spiro atoms. The van der Waals surface area contributed by atoms with E-state index < -0.39 is 0 Å². The van der Waals surface area contributed by atoms with Gasteiger partial charge in [-0.3, -0.25) is 4.68 Å². The van der Waals surface area contributed by atoms with Crippen LogP contribution in [0, 0.1) is 20.8 Å². The molecule has 0 aliphatic rings. The minimum atomic E-state index is 0.515. The first-order valence-electron chi connectivity index (χ1n) is 6.61. The van der Waals surface area contributed by atoms with Crippen LogP contribution in [0.4, 0.5) is 0 Å². The fraction of sp³-hybridized carbons (Fsp3) is 0.571. The van der Waals surface area contributed by atoms with E-state index in [-0.39, 0.29) is 0 Å². The van der Waals surface area contributed by atoms with Crippen LogP contribution in [0.5, 0.6) is 0 Å². The van der Waals surface area contributed by atoms with Gasteiger partial charge in [-0.05, 0) is 45.6 Å². The first-order valence-corrected chi connectivity index (χ1v) is 8.03. The summed E-state index contributed by atoms with van der Waals surface area (Å²) in [5.41, 5.74) is 4.74. The molecule has 0 fully saturated rings. The molecule has 0 radical (unpaired) electrons. The second-order valence-electron chi connectivity index (χ2n) is 4.84. The Labute approximate surface area is 123 Å². The Balaban J connectivity index is 1.79. The van der Waals surface area contributed by atoms with E-state index in [0.29, 0.717) is 5.88 Å². The van der Waals surface area contributed by atoms with Gasteiger partial charge in [0.15, 0.2) is 0 Å². The maximum absolute atomic E-state index is 5.75. The van der Waals surface area contributed by atoms with Gasteiger partial charge in [0.05, 0.1) is 22.3 Å². The number of nitrogens with zero attached hydrogens (tertiary/aromatic N) is 3. The first-order chi connectivity index (χ1) is 9.11. The van der Waals surface area contributed by atoms with E-state index in [1.807, 2.05) is 5.38 Å². The molecule has 0 saturated heterocycles. The maximum atomic E-state index is 5.75. The molecule has 0 unspecified atom stereocenters. The molecular weight excluding hydrogens is 278 g/mol. The van der Waals surface area contributed by atoms with Gasteiger partial charge >= 0.3 is 0 Å². The van der Waals surface area contributed by atoms with Gasteiger partial charge in [0.2, 0.25) is 0 Å². The summed E-state index contributed by atoms with van der Waals surface area (Å²) in [5, 5.41) is 7.80. The Bertz CT molecular complexity index is 545. The highest BCUT2D eigenvalue weighted by Crippen LogP contribution is 2.15. The zero-order chi connectivity index (χ0) is 13.8. The van der Waals surface area contributed by atoms with Crippen LogP contribution in [0.25, 0.3) is 0 Å². The minimum absolute atomic E-state index is 0.515. The molecule has 19 heavy (non-hydrogen) atoms. The average molecular weight is 298 g/mol. The molecule has 2 heterocycles. The number of alkyl halides is 1. The van der Waals surface area contributed by atoms with E-state index in [9.17, 15) is 0 Å². The third-order valence-electron chi connectivity index (χ3n) is 3.49. The Kier molecular flexibility index (Phi) is 4.99. The molecule has 104 valence electrons. The van der Waals surface area contributed by atoms with E-state index in [2.05, 4.69) is 35.5 Å². The molecule has 0 amide bonds. The summed E-state index contributed by atoms with van der Waals surface area (Å²) in [6.45, 7) is 7.34. The van der Waals surface area contributed by atoms with Gasteiger partial charge in [0.1, 0.15) is 0 Å². The number of aryl methyl sites for hydroxylation is 3. The van der Waals surface area contributed by atoms with E-state index in [1.54, 1.807) is 11.3 Å². The molecule has 5 heteroatoms. The van der Waals surface area contributed by atoms with Gasteiger partial charge in [0, 0.05) is 17.6 Å². The Morgan fingerprint density at radius 3 is 2.63 bits per heavy atom. The lowest BCUT2D eigenvalue weighted by Gasteiger charge is -2.03. The second kappa shape index (κ2) is 6.53. The van der Waals surface area contributed by atoms with Crippen molar-refractivity contribution in [1.82, 2.24) is 14.8 Å². The predicted molar refractivity (Wildman–Crippen MR) is 81.0 cm³/mol. The lowest BCUT2D eigenvalue weighted by Crippen LogP contribution is -2.03. The Morgan fingerprint density at radius 1 is 1.26 bits per heavy atom. The van der Waals surface area contributed by atoms with Crippen LogP contribution >= 0.6 is 22.9 Å². The summed E-state index contributed by atoms with van der Waals surface area (Å²) < 4.78 is 2.12. The number of unbranched alkanes of at least 4 members (excludes halogenated alkanes) is 1. The molecular formula is C14H20ClN3S. The molecule has 0 bridgehead atoms. The smallest absolute Gasteiger partial charge is 0.0928 e. The highest BCUT2D eigenvalue weighted by Gasteiger charge is 2.07. The number of hydrogen-bond acceptors (Lipinski definition) is 3. The van der Waals surface area contributed by atoms with Crippen molar-refractivity contribution in [3.05, 3.63) is 33.0 Å². The largest absolute Gasteiger partial charge is 0.269 e. The molecule has 0 aromatic carbocycles. The standard InChI is InChI=1S/C14H20ClN3S/c1-10-11(2)17-18(12(10)3)7-5-4-6-14-16-13(8-15)9-19-14/h9H,4-8H2,1-3H3. The van der Waals surface area contributed by atoms with Crippen LogP contribution in [0.2, 0.25) is 0 Å². The Morgan fingerprint density at radius 2 is 2.05 bits per heavy atom. The van der Waals surface area contributed by atoms with Crippen molar-refractivity contribution in [2.45, 2.75) is 52.5 Å². The SMILES string of the molecule is Cc1nn(CCCCc2nc(CCl)cs2)c(C)c1C. The molecule has 2 rings (SSSR count). The molecule has 2 aromatic rings. The molecule has 0 saturated carbocycles. The summed E-state index contributed by atoms with van der Waals surface area (Å²) in [6.07, 6.45) is 3.32. The van der Waals surface area contributed by atoms with Crippen molar-refractivity contribution >= 4 is 22.9 Å². The van der Waals surface area contributed by atoms with Crippen molar-refractivity contribution in [3.63, 3.8) is 0 Å². The van der Waals surface area contributed by atoms with E-state index in [0.717, 1.165) is 37.2 Å². The van der Waals surface area contributed by atoms with Crippen LogP contribution < -0.4 is 0 Å². The molecule has 0 aliphatic carbocycles. The van der Waals surface area contributed by atoms with Crippen LogP contribution in [0.3, 0.4) is 0 Å². The molecule has 3 nitrogen and oxygen atoms in total. The number of hydrogen-bond donors (Lipinski definition) is 0. The number of halogens is 1. The fourth-order valence-corrected chi connectivity index (χ4v) is 3.14. The second-order valence-corrected chi connectivity index (χ2v) is 6.05. The predicted octanol–water partition coefficient (Wildman–Crippen LogP) is 4.03. The number of rotatable bonds is 6. The van der Waals surface area contributed by atoms with Crippen molar-refractivity contribution < 1.29 is 0 Å². The topological polar surface area (TPSA) is 30.7 Å². The summed E-state index contributed by atoms with van der Waals surface area (Å²) in [7, 11) is 0. The quantitative estimate of drug-likeness (QED) is 0.595. The molecule has 0 aliphatic heterocycles. The third kappa shape index (κ3) is 3.57. The van der Waals surface area contributed by atoms with E-state index in [1.165, 1.54) is 16.3 Å². The van der Waals surface area contributed by atoms with E-state index in [4.69, 9.17) is 11.6 Å². The first kappa shape index (κ1) is 14.5. The van der Waals surface area contributed by atoms with E-state index >= 15 is 0 Å². The van der Waals surface area contributed by atoms with Crippen LogP contribution in [-0.2, 0) is 18.8 Å². The summed E-state index contributed by atoms with van der Waals surface area (Å²) in [5.74, 6) is 0.515. The Hall–Kier alpha value is -0.870. The van der Waals surface area contributed by atoms with Crippen LogP contribution in [0.1, 0.15) is 40.5 Å². The highest BCUT2D eigenvalue weighted by molar-refractivity contribution is 7.09. The zero-order valence-electron chi connectivity index (χ0n) is 11.7. The molecule has 0 atom stereocenters. The maximum Gasteiger partial charge on any atom is 0.0928 e. The number of aromatic nitrogens is 3. The van der Waals surface area contributed by atoms with Gasteiger partial charge in [-0.15, -0.1) is 22.9 Å². The van der Waals surface area contributed by atoms with Crippen molar-refractivity contribution in [2.75, 3.05) is 0 Å². The zero-order valence-corrected chi connectivity index (χ0v) is 13.3. The van der Waals surface area contributed by atoms with Gasteiger partial charge in [-0.1, -0.05) is 0 Å². The summed E-state index contributed by atoms with van der Waals surface area (Å²) in [4.78, 5) is 4.47. The summed E-state index contributed by atoms with van der Waals surface area (Å²) >= 11 is 7.46. The third-order valence-corrected chi connectivity index (χ3v) is 4.72. The van der Waals surface area contributed by atoms with Crippen molar-refractivity contribution in [1.29, 1.82) is 0 Å². The summed E-state index contributed by atoms with van der Waals surface area (Å²) in [6, 6.07) is 0. The fourth-order valence-electron chi connectivity index (χ4n) is 2.07. The normalized spacial score (nSPS) is 11.2. The molecule has 0 N–H and O–H groups in total. The average Bonchev–Trinajstić information content (AvgIpc) is 2.96.